The van der Waals surface area contributed by atoms with E-state index in [1.807, 2.05) is 36.4 Å². The van der Waals surface area contributed by atoms with Crippen LogP contribution in [0.2, 0.25) is 0 Å². The lowest BCUT2D eigenvalue weighted by Crippen LogP contribution is -2.11. The van der Waals surface area contributed by atoms with Crippen LogP contribution in [-0.2, 0) is 0 Å². The number of aliphatic imine (C=N–C) groups is 1. The van der Waals surface area contributed by atoms with Gasteiger partial charge in [-0.05, 0) is 55.1 Å². The van der Waals surface area contributed by atoms with Crippen LogP contribution in [0.15, 0.2) is 95.0 Å². The molecule has 0 saturated heterocycles. The van der Waals surface area contributed by atoms with E-state index in [0.29, 0.717) is 11.5 Å². The molecule has 0 unspecified atom stereocenters. The van der Waals surface area contributed by atoms with Crippen LogP contribution < -0.4 is 22.5 Å². The molecule has 0 aliphatic rings. The molecule has 0 heterocycles. The molecule has 0 aromatic heterocycles. The Balaban J connectivity index is 2.67. The molecular weight excluding hydrogens is 330 g/mol. The Bertz CT molecular complexity index is 712. The van der Waals surface area contributed by atoms with Gasteiger partial charge in [-0.15, -0.1) is 11.8 Å². The Morgan fingerprint density at radius 3 is 2.52 bits per heavy atom. The first kappa shape index (κ1) is 20.2. The molecule has 0 saturated carbocycles. The third-order valence-electron chi connectivity index (χ3n) is 2.88. The molecule has 1 aromatic rings. The van der Waals surface area contributed by atoms with E-state index in [4.69, 9.17) is 17.2 Å². The van der Waals surface area contributed by atoms with Crippen LogP contribution in [0, 0.1) is 0 Å². The number of thioether (sulfide) groups is 1. The van der Waals surface area contributed by atoms with Gasteiger partial charge in [-0.25, -0.2) is 4.99 Å². The van der Waals surface area contributed by atoms with Crippen molar-refractivity contribution in [3.8, 4) is 0 Å². The molecule has 0 bridgehead atoms. The van der Waals surface area contributed by atoms with Gasteiger partial charge in [-0.3, -0.25) is 0 Å². The first-order valence-corrected chi connectivity index (χ1v) is 8.59. The standard InChI is InChI=1S/C19H25N5S/c1-4-5-16(10-11-20)13-25-18-8-6-17(7-9-18)24-19(22)12-14(2)23-15(3)21/h4-12,24H,1,3,13,20-22H2,2H3/b11-10-,16-5+,19-12+,23-14-. The fourth-order valence-electron chi connectivity index (χ4n) is 1.91. The van der Waals surface area contributed by atoms with Crippen LogP contribution in [0.4, 0.5) is 5.69 Å². The zero-order chi connectivity index (χ0) is 18.7. The molecule has 0 aliphatic carbocycles. The Morgan fingerprint density at radius 1 is 1.28 bits per heavy atom. The summed E-state index contributed by atoms with van der Waals surface area (Å²) in [7, 11) is 0. The van der Waals surface area contributed by atoms with E-state index in [1.165, 1.54) is 6.20 Å². The quantitative estimate of drug-likeness (QED) is 0.309. The maximum Gasteiger partial charge on any atom is 0.116 e. The number of nitrogens with one attached hydrogen (secondary N) is 1. The lowest BCUT2D eigenvalue weighted by atomic mass is 10.3. The maximum absolute atomic E-state index is 5.94. The minimum Gasteiger partial charge on any atom is -0.405 e. The summed E-state index contributed by atoms with van der Waals surface area (Å²) in [6.45, 7) is 9.04. The van der Waals surface area contributed by atoms with Crippen molar-refractivity contribution in [3.05, 3.63) is 85.1 Å². The van der Waals surface area contributed by atoms with Crippen molar-refractivity contribution in [3.63, 3.8) is 0 Å². The highest BCUT2D eigenvalue weighted by atomic mass is 32.2. The lowest BCUT2D eigenvalue weighted by Gasteiger charge is -2.08. The van der Waals surface area contributed by atoms with Gasteiger partial charge in [0, 0.05) is 22.0 Å². The number of hydrogen-bond acceptors (Lipinski definition) is 6. The number of rotatable bonds is 9. The van der Waals surface area contributed by atoms with Crippen LogP contribution in [0.25, 0.3) is 0 Å². The second-order valence-electron chi connectivity index (χ2n) is 5.12. The second kappa shape index (κ2) is 10.8. The first-order valence-electron chi connectivity index (χ1n) is 7.61. The van der Waals surface area contributed by atoms with Crippen LogP contribution in [-0.4, -0.2) is 11.5 Å². The van der Waals surface area contributed by atoms with Gasteiger partial charge in [0.2, 0.25) is 0 Å². The summed E-state index contributed by atoms with van der Waals surface area (Å²) in [5, 5.41) is 3.10. The molecule has 0 spiro atoms. The van der Waals surface area contributed by atoms with E-state index < -0.39 is 0 Å². The van der Waals surface area contributed by atoms with Crippen LogP contribution in [0.1, 0.15) is 6.92 Å². The van der Waals surface area contributed by atoms with Gasteiger partial charge in [-0.1, -0.05) is 25.3 Å². The van der Waals surface area contributed by atoms with Crippen molar-refractivity contribution in [2.24, 2.45) is 22.2 Å². The highest BCUT2D eigenvalue weighted by Gasteiger charge is 1.99. The van der Waals surface area contributed by atoms with Gasteiger partial charge in [0.25, 0.3) is 0 Å². The van der Waals surface area contributed by atoms with Gasteiger partial charge in [0.1, 0.15) is 11.6 Å². The first-order chi connectivity index (χ1) is 11.9. The second-order valence-corrected chi connectivity index (χ2v) is 6.17. The zero-order valence-electron chi connectivity index (χ0n) is 14.4. The highest BCUT2D eigenvalue weighted by molar-refractivity contribution is 7.99. The molecule has 0 atom stereocenters. The SMILES string of the molecule is C=C/C=C(\C=C/N)CSc1ccc(N/C(N)=C/C(C)=N\C(=C)N)cc1. The molecule has 6 heteroatoms. The van der Waals surface area contributed by atoms with Crippen molar-refractivity contribution in [2.45, 2.75) is 11.8 Å². The normalized spacial score (nSPS) is 13.1. The van der Waals surface area contributed by atoms with E-state index >= 15 is 0 Å². The fraction of sp³-hybridized carbons (Fsp3) is 0.105. The molecule has 132 valence electrons. The molecule has 25 heavy (non-hydrogen) atoms. The molecular formula is C19H25N5S. The van der Waals surface area contributed by atoms with Crippen LogP contribution >= 0.6 is 11.8 Å². The largest absolute Gasteiger partial charge is 0.405 e. The predicted octanol–water partition coefficient (Wildman–Crippen LogP) is 3.47. The van der Waals surface area contributed by atoms with E-state index in [9.17, 15) is 0 Å². The Kier molecular flexibility index (Phi) is 8.74. The van der Waals surface area contributed by atoms with Gasteiger partial charge in [0.05, 0.1) is 0 Å². The van der Waals surface area contributed by atoms with E-state index in [2.05, 4.69) is 23.5 Å². The summed E-state index contributed by atoms with van der Waals surface area (Å²) in [6.07, 6.45) is 8.80. The molecule has 0 radical (unpaired) electrons. The average molecular weight is 356 g/mol. The molecule has 0 fully saturated rings. The number of nitrogens with zero attached hydrogens (tertiary/aromatic N) is 1. The third-order valence-corrected chi connectivity index (χ3v) is 3.96. The van der Waals surface area contributed by atoms with Crippen LogP contribution in [0.5, 0.6) is 0 Å². The third kappa shape index (κ3) is 8.53. The topological polar surface area (TPSA) is 102 Å². The van der Waals surface area contributed by atoms with Gasteiger partial charge in [-0.2, -0.15) is 0 Å². The molecule has 1 aromatic carbocycles. The predicted molar refractivity (Wildman–Crippen MR) is 111 cm³/mol. The van der Waals surface area contributed by atoms with Crippen molar-refractivity contribution in [2.75, 3.05) is 11.1 Å². The monoisotopic (exact) mass is 355 g/mol. The van der Waals surface area contributed by atoms with Gasteiger partial charge >= 0.3 is 0 Å². The molecule has 5 nitrogen and oxygen atoms in total. The maximum atomic E-state index is 5.94. The van der Waals surface area contributed by atoms with Crippen molar-refractivity contribution in [1.82, 2.24) is 0 Å². The Morgan fingerprint density at radius 2 is 1.96 bits per heavy atom. The minimum atomic E-state index is 0.247. The zero-order valence-corrected chi connectivity index (χ0v) is 15.2. The lowest BCUT2D eigenvalue weighted by molar-refractivity contribution is 1.25. The Labute approximate surface area is 153 Å². The number of anilines is 1. The average Bonchev–Trinajstić information content (AvgIpc) is 2.53. The van der Waals surface area contributed by atoms with E-state index in [-0.39, 0.29) is 5.82 Å². The summed E-state index contributed by atoms with van der Waals surface area (Å²) in [4.78, 5) is 5.16. The molecule has 1 rings (SSSR count). The van der Waals surface area contributed by atoms with E-state index in [0.717, 1.165) is 21.9 Å². The summed E-state index contributed by atoms with van der Waals surface area (Å²) < 4.78 is 0. The summed E-state index contributed by atoms with van der Waals surface area (Å²) in [5.74, 6) is 1.54. The molecule has 0 aliphatic heterocycles. The number of hydrogen-bond donors (Lipinski definition) is 4. The number of benzene rings is 1. The van der Waals surface area contributed by atoms with Crippen molar-refractivity contribution < 1.29 is 0 Å². The number of nitrogens with two attached hydrogens (primary N) is 3. The van der Waals surface area contributed by atoms with Crippen molar-refractivity contribution >= 4 is 23.2 Å². The highest BCUT2D eigenvalue weighted by Crippen LogP contribution is 2.23. The minimum absolute atomic E-state index is 0.247. The molecule has 7 N–H and O–H groups in total. The van der Waals surface area contributed by atoms with Crippen molar-refractivity contribution in [1.29, 1.82) is 0 Å². The number of allylic oxidation sites excluding steroid dienone is 4. The summed E-state index contributed by atoms with van der Waals surface area (Å²) in [6, 6.07) is 7.99. The Hall–Kier alpha value is -2.86. The van der Waals surface area contributed by atoms with E-state index in [1.54, 1.807) is 30.8 Å². The summed E-state index contributed by atoms with van der Waals surface area (Å²) in [5.41, 5.74) is 19.5. The fourth-order valence-corrected chi connectivity index (χ4v) is 2.77. The molecule has 0 amide bonds. The van der Waals surface area contributed by atoms with Gasteiger partial charge < -0.3 is 22.5 Å². The smallest absolute Gasteiger partial charge is 0.116 e. The van der Waals surface area contributed by atoms with Crippen LogP contribution in [0.3, 0.4) is 0 Å². The summed E-state index contributed by atoms with van der Waals surface area (Å²) >= 11 is 1.71. The van der Waals surface area contributed by atoms with Gasteiger partial charge in [0.15, 0.2) is 0 Å².